The molecule has 0 aliphatic carbocycles. The monoisotopic (exact) mass is 362 g/mol. The largest absolute Gasteiger partial charge is 0.466 e. The van der Waals surface area contributed by atoms with Gasteiger partial charge in [0.1, 0.15) is 11.5 Å². The first-order valence-corrected chi connectivity index (χ1v) is 8.33. The Bertz CT molecular complexity index is 758. The van der Waals surface area contributed by atoms with E-state index in [-0.39, 0.29) is 0 Å². The molecule has 6 nitrogen and oxygen atoms in total. The summed E-state index contributed by atoms with van der Waals surface area (Å²) in [6.45, 7) is 9.98. The zero-order chi connectivity index (χ0) is 20.0. The second-order valence-corrected chi connectivity index (χ2v) is 6.21. The van der Waals surface area contributed by atoms with E-state index < -0.39 is 17.9 Å². The maximum absolute atomic E-state index is 11.5. The van der Waals surface area contributed by atoms with Crippen molar-refractivity contribution in [2.24, 2.45) is 0 Å². The van der Waals surface area contributed by atoms with Crippen molar-refractivity contribution < 1.29 is 28.6 Å². The molecule has 0 aliphatic heterocycles. The highest BCUT2D eigenvalue weighted by molar-refractivity contribution is 5.82. The van der Waals surface area contributed by atoms with Crippen LogP contribution in [0.4, 0.5) is 0 Å². The van der Waals surface area contributed by atoms with Crippen LogP contribution in [0.2, 0.25) is 0 Å². The third-order valence-corrected chi connectivity index (χ3v) is 4.14. The topological polar surface area (TPSA) is 78.9 Å². The van der Waals surface area contributed by atoms with Crippen LogP contribution >= 0.6 is 0 Å². The van der Waals surface area contributed by atoms with Gasteiger partial charge < -0.3 is 14.2 Å². The lowest BCUT2D eigenvalue weighted by atomic mass is 9.93. The maximum Gasteiger partial charge on any atom is 0.330 e. The van der Waals surface area contributed by atoms with E-state index in [1.807, 2.05) is 27.7 Å². The Labute approximate surface area is 154 Å². The van der Waals surface area contributed by atoms with E-state index in [1.165, 1.54) is 27.0 Å². The molecule has 0 N–H and O–H groups in total. The highest BCUT2D eigenvalue weighted by Crippen LogP contribution is 2.39. The second-order valence-electron chi connectivity index (χ2n) is 6.21. The Morgan fingerprint density at radius 3 is 1.85 bits per heavy atom. The van der Waals surface area contributed by atoms with Gasteiger partial charge in [0, 0.05) is 25.5 Å². The molecule has 0 atom stereocenters. The summed E-state index contributed by atoms with van der Waals surface area (Å²) in [5, 5.41) is 0. The molecule has 1 rings (SSSR count). The Morgan fingerprint density at radius 2 is 1.35 bits per heavy atom. The van der Waals surface area contributed by atoms with E-state index in [0.29, 0.717) is 24.3 Å². The van der Waals surface area contributed by atoms with Gasteiger partial charge in [0.05, 0.1) is 7.11 Å². The lowest BCUT2D eigenvalue weighted by Gasteiger charge is -2.21. The first-order valence-electron chi connectivity index (χ1n) is 8.33. The van der Waals surface area contributed by atoms with Crippen molar-refractivity contribution in [2.75, 3.05) is 7.11 Å². The number of carbonyl (C=O) groups excluding carboxylic acids is 3. The molecular formula is C20H26O6. The lowest BCUT2D eigenvalue weighted by Crippen LogP contribution is -2.12. The van der Waals surface area contributed by atoms with Gasteiger partial charge in [-0.05, 0) is 57.2 Å². The van der Waals surface area contributed by atoms with E-state index in [0.717, 1.165) is 27.8 Å². The molecule has 26 heavy (non-hydrogen) atoms. The predicted octanol–water partition coefficient (Wildman–Crippen LogP) is 3.51. The van der Waals surface area contributed by atoms with E-state index in [1.54, 1.807) is 0 Å². The lowest BCUT2D eigenvalue weighted by molar-refractivity contribution is -0.135. The molecule has 0 bridgehead atoms. The van der Waals surface area contributed by atoms with Crippen LogP contribution in [0.25, 0.3) is 0 Å². The third kappa shape index (κ3) is 5.44. The van der Waals surface area contributed by atoms with Crippen LogP contribution in [0, 0.1) is 20.8 Å². The van der Waals surface area contributed by atoms with Gasteiger partial charge >= 0.3 is 17.9 Å². The molecule has 0 spiro atoms. The van der Waals surface area contributed by atoms with Crippen LogP contribution < -0.4 is 9.47 Å². The molecule has 0 aliphatic rings. The van der Waals surface area contributed by atoms with Crippen LogP contribution in [0.1, 0.15) is 49.4 Å². The summed E-state index contributed by atoms with van der Waals surface area (Å²) in [6, 6.07) is 0. The van der Waals surface area contributed by atoms with Gasteiger partial charge in [0.2, 0.25) is 0 Å². The summed E-state index contributed by atoms with van der Waals surface area (Å²) in [6.07, 6.45) is 2.50. The number of allylic oxidation sites excluding steroid dienone is 1. The van der Waals surface area contributed by atoms with Crippen molar-refractivity contribution in [1.82, 2.24) is 0 Å². The smallest absolute Gasteiger partial charge is 0.330 e. The SMILES string of the molecule is COC(=O)C=C(C)CCc1c(C)c(OC(C)=O)c(C)c(C)c1OC(C)=O. The molecule has 1 aromatic carbocycles. The first kappa shape index (κ1) is 21.4. The van der Waals surface area contributed by atoms with Crippen LogP contribution in [-0.2, 0) is 25.5 Å². The van der Waals surface area contributed by atoms with Gasteiger partial charge in [-0.1, -0.05) is 5.57 Å². The molecule has 6 heteroatoms. The number of methoxy groups -OCH3 is 1. The van der Waals surface area contributed by atoms with E-state index in [9.17, 15) is 14.4 Å². The molecule has 0 saturated heterocycles. The summed E-state index contributed by atoms with van der Waals surface area (Å²) in [5.41, 5.74) is 3.84. The fourth-order valence-corrected chi connectivity index (χ4v) is 2.69. The first-order chi connectivity index (χ1) is 12.1. The highest BCUT2D eigenvalue weighted by atomic mass is 16.5. The standard InChI is InChI=1S/C20H26O6/c1-11(10-18(23)24-7)8-9-17-14(4)19(25-15(5)21)12(2)13(3)20(17)26-16(6)22/h10H,8-9H2,1-7H3. The van der Waals surface area contributed by atoms with Crippen LogP contribution in [-0.4, -0.2) is 25.0 Å². The molecule has 0 saturated carbocycles. The Kier molecular flexibility index (Phi) is 7.56. The molecule has 0 aromatic heterocycles. The molecule has 0 unspecified atom stereocenters. The minimum atomic E-state index is -0.421. The Hall–Kier alpha value is -2.63. The van der Waals surface area contributed by atoms with E-state index >= 15 is 0 Å². The van der Waals surface area contributed by atoms with Crippen molar-refractivity contribution in [3.8, 4) is 11.5 Å². The minimum absolute atomic E-state index is 0.413. The summed E-state index contributed by atoms with van der Waals surface area (Å²) < 4.78 is 15.4. The molecule has 0 heterocycles. The third-order valence-electron chi connectivity index (χ3n) is 4.14. The highest BCUT2D eigenvalue weighted by Gasteiger charge is 2.21. The second kappa shape index (κ2) is 9.17. The van der Waals surface area contributed by atoms with Gasteiger partial charge in [-0.2, -0.15) is 0 Å². The summed E-state index contributed by atoms with van der Waals surface area (Å²) in [7, 11) is 1.32. The van der Waals surface area contributed by atoms with Gasteiger partial charge in [-0.3, -0.25) is 9.59 Å². The average Bonchev–Trinajstić information content (AvgIpc) is 2.55. The Morgan fingerprint density at radius 1 is 0.846 bits per heavy atom. The summed E-state index contributed by atoms with van der Waals surface area (Å²) in [5.74, 6) is -0.288. The van der Waals surface area contributed by atoms with Gasteiger partial charge in [0.25, 0.3) is 0 Å². The molecular weight excluding hydrogens is 336 g/mol. The van der Waals surface area contributed by atoms with E-state index in [4.69, 9.17) is 9.47 Å². The van der Waals surface area contributed by atoms with Crippen molar-refractivity contribution in [3.63, 3.8) is 0 Å². The number of ether oxygens (including phenoxy) is 3. The number of benzene rings is 1. The Balaban J connectivity index is 3.38. The zero-order valence-electron chi connectivity index (χ0n) is 16.4. The minimum Gasteiger partial charge on any atom is -0.466 e. The van der Waals surface area contributed by atoms with Crippen LogP contribution in [0.5, 0.6) is 11.5 Å². The molecule has 142 valence electrons. The summed E-state index contributed by atoms with van der Waals surface area (Å²) >= 11 is 0. The van der Waals surface area contributed by atoms with Crippen LogP contribution in [0.3, 0.4) is 0 Å². The fourth-order valence-electron chi connectivity index (χ4n) is 2.69. The molecule has 0 radical (unpaired) electrons. The van der Waals surface area contributed by atoms with Crippen molar-refractivity contribution >= 4 is 17.9 Å². The predicted molar refractivity (Wildman–Crippen MR) is 97.4 cm³/mol. The van der Waals surface area contributed by atoms with Crippen molar-refractivity contribution in [1.29, 1.82) is 0 Å². The van der Waals surface area contributed by atoms with E-state index in [2.05, 4.69) is 4.74 Å². The molecule has 0 fully saturated rings. The normalized spacial score (nSPS) is 11.1. The van der Waals surface area contributed by atoms with Gasteiger partial charge in [-0.25, -0.2) is 4.79 Å². The van der Waals surface area contributed by atoms with Crippen molar-refractivity contribution in [3.05, 3.63) is 33.9 Å². The number of carbonyl (C=O) groups is 3. The van der Waals surface area contributed by atoms with Gasteiger partial charge in [0.15, 0.2) is 0 Å². The zero-order valence-corrected chi connectivity index (χ0v) is 16.4. The quantitative estimate of drug-likeness (QED) is 0.438. The summed E-state index contributed by atoms with van der Waals surface area (Å²) in [4.78, 5) is 34.4. The number of rotatable bonds is 6. The number of hydrogen-bond acceptors (Lipinski definition) is 6. The van der Waals surface area contributed by atoms with Crippen molar-refractivity contribution in [2.45, 2.75) is 54.4 Å². The number of hydrogen-bond donors (Lipinski definition) is 0. The molecule has 0 amide bonds. The number of esters is 3. The molecule has 1 aromatic rings. The maximum atomic E-state index is 11.5. The average molecular weight is 362 g/mol. The fraction of sp³-hybridized carbons (Fsp3) is 0.450. The van der Waals surface area contributed by atoms with Crippen LogP contribution in [0.15, 0.2) is 11.6 Å². The van der Waals surface area contributed by atoms with Gasteiger partial charge in [-0.15, -0.1) is 0 Å².